The number of aliphatic carboxylic acids is 1. The number of hydrogen-bond donors (Lipinski definition) is 2. The van der Waals surface area contributed by atoms with Crippen molar-refractivity contribution in [2.75, 3.05) is 0 Å². The van der Waals surface area contributed by atoms with Crippen LogP contribution < -0.4 is 5.32 Å². The average molecular weight is 298 g/mol. The van der Waals surface area contributed by atoms with Gasteiger partial charge in [-0.3, -0.25) is 4.79 Å². The van der Waals surface area contributed by atoms with Crippen LogP contribution in [0.1, 0.15) is 24.5 Å². The molecule has 0 bridgehead atoms. The van der Waals surface area contributed by atoms with E-state index in [1.54, 1.807) is 6.92 Å². The molecule has 2 atom stereocenters. The zero-order valence-electron chi connectivity index (χ0n) is 9.74. The number of carbonyl (C=O) groups is 1. The van der Waals surface area contributed by atoms with E-state index in [1.165, 1.54) is 11.1 Å². The van der Waals surface area contributed by atoms with Crippen molar-refractivity contribution in [1.82, 2.24) is 5.32 Å². The van der Waals surface area contributed by atoms with Crippen molar-refractivity contribution in [3.05, 3.63) is 33.8 Å². The average Bonchev–Trinajstić information content (AvgIpc) is 2.29. The third kappa shape index (κ3) is 3.07. The molecule has 1 aliphatic carbocycles. The maximum absolute atomic E-state index is 10.8. The summed E-state index contributed by atoms with van der Waals surface area (Å²) in [7, 11) is 0. The van der Waals surface area contributed by atoms with Gasteiger partial charge in [-0.2, -0.15) is 0 Å². The molecular formula is C13H16BrNO2. The van der Waals surface area contributed by atoms with Crippen LogP contribution in [0.2, 0.25) is 0 Å². The van der Waals surface area contributed by atoms with Gasteiger partial charge in [0.2, 0.25) is 0 Å². The minimum atomic E-state index is -0.786. The Morgan fingerprint density at radius 2 is 2.29 bits per heavy atom. The highest BCUT2D eigenvalue weighted by Gasteiger charge is 2.22. The second-order valence-electron chi connectivity index (χ2n) is 4.58. The van der Waals surface area contributed by atoms with Crippen LogP contribution in [0.25, 0.3) is 0 Å². The highest BCUT2D eigenvalue weighted by atomic mass is 79.9. The molecule has 1 unspecified atom stereocenters. The first-order valence-electron chi connectivity index (χ1n) is 5.82. The lowest BCUT2D eigenvalue weighted by molar-refractivity contribution is -0.139. The minimum Gasteiger partial charge on any atom is -0.480 e. The number of nitrogens with one attached hydrogen (secondary N) is 1. The molecule has 4 heteroatoms. The molecule has 0 amide bonds. The lowest BCUT2D eigenvalue weighted by Crippen LogP contribution is -2.44. The largest absolute Gasteiger partial charge is 0.480 e. The van der Waals surface area contributed by atoms with Gasteiger partial charge in [0.15, 0.2) is 0 Å². The molecule has 3 nitrogen and oxygen atoms in total. The predicted molar refractivity (Wildman–Crippen MR) is 70.2 cm³/mol. The van der Waals surface area contributed by atoms with Crippen LogP contribution >= 0.6 is 15.9 Å². The first kappa shape index (κ1) is 12.6. The summed E-state index contributed by atoms with van der Waals surface area (Å²) in [5, 5.41) is 12.0. The van der Waals surface area contributed by atoms with Gasteiger partial charge in [-0.1, -0.05) is 22.0 Å². The van der Waals surface area contributed by atoms with Crippen LogP contribution in [0, 0.1) is 0 Å². The monoisotopic (exact) mass is 297 g/mol. The molecule has 0 heterocycles. The molecule has 1 aromatic carbocycles. The molecule has 0 aromatic heterocycles. The Hall–Kier alpha value is -0.870. The fourth-order valence-corrected chi connectivity index (χ4v) is 2.70. The summed E-state index contributed by atoms with van der Waals surface area (Å²) in [6.45, 7) is 1.69. The molecule has 17 heavy (non-hydrogen) atoms. The Morgan fingerprint density at radius 3 is 3.00 bits per heavy atom. The fraction of sp³-hybridized carbons (Fsp3) is 0.462. The Morgan fingerprint density at radius 1 is 1.53 bits per heavy atom. The second-order valence-corrected chi connectivity index (χ2v) is 5.50. The molecule has 0 spiro atoms. The van der Waals surface area contributed by atoms with Crippen molar-refractivity contribution in [2.45, 2.75) is 38.3 Å². The quantitative estimate of drug-likeness (QED) is 0.900. The van der Waals surface area contributed by atoms with Gasteiger partial charge in [-0.05, 0) is 49.4 Å². The van der Waals surface area contributed by atoms with E-state index < -0.39 is 12.0 Å². The van der Waals surface area contributed by atoms with Gasteiger partial charge in [0.1, 0.15) is 6.04 Å². The van der Waals surface area contributed by atoms with Crippen molar-refractivity contribution >= 4 is 21.9 Å². The van der Waals surface area contributed by atoms with Gasteiger partial charge in [-0.15, -0.1) is 0 Å². The molecule has 0 saturated carbocycles. The molecule has 0 fully saturated rings. The second kappa shape index (κ2) is 5.19. The summed E-state index contributed by atoms with van der Waals surface area (Å²) in [6.07, 6.45) is 2.93. The maximum atomic E-state index is 10.8. The Labute approximate surface area is 109 Å². The summed E-state index contributed by atoms with van der Waals surface area (Å²) >= 11 is 3.47. The molecule has 1 aliphatic rings. The van der Waals surface area contributed by atoms with Crippen LogP contribution in [0.15, 0.2) is 22.7 Å². The van der Waals surface area contributed by atoms with Crippen molar-refractivity contribution in [2.24, 2.45) is 0 Å². The Bertz CT molecular complexity index is 433. The van der Waals surface area contributed by atoms with Crippen LogP contribution in [0.5, 0.6) is 0 Å². The molecule has 0 saturated heterocycles. The Balaban J connectivity index is 2.04. The minimum absolute atomic E-state index is 0.273. The van der Waals surface area contributed by atoms with Crippen molar-refractivity contribution < 1.29 is 9.90 Å². The zero-order valence-corrected chi connectivity index (χ0v) is 11.3. The van der Waals surface area contributed by atoms with E-state index in [9.17, 15) is 4.79 Å². The summed E-state index contributed by atoms with van der Waals surface area (Å²) in [4.78, 5) is 10.8. The number of hydrogen-bond acceptors (Lipinski definition) is 2. The normalized spacial score (nSPS) is 20.7. The fourth-order valence-electron chi connectivity index (χ4n) is 2.29. The molecule has 92 valence electrons. The first-order valence-corrected chi connectivity index (χ1v) is 6.61. The van der Waals surface area contributed by atoms with Gasteiger partial charge in [0, 0.05) is 10.5 Å². The first-order chi connectivity index (χ1) is 8.06. The number of fused-ring (bicyclic) bond motifs is 1. The van der Waals surface area contributed by atoms with E-state index in [-0.39, 0.29) is 6.04 Å². The predicted octanol–water partition coefficient (Wildman–Crippen LogP) is 2.37. The number of benzene rings is 1. The molecule has 1 aromatic rings. The number of aryl methyl sites for hydroxylation is 1. The van der Waals surface area contributed by atoms with Crippen molar-refractivity contribution in [3.63, 3.8) is 0 Å². The Kier molecular flexibility index (Phi) is 3.84. The van der Waals surface area contributed by atoms with E-state index in [4.69, 9.17) is 5.11 Å². The third-order valence-electron chi connectivity index (χ3n) is 3.25. The van der Waals surface area contributed by atoms with E-state index in [1.807, 2.05) is 6.07 Å². The molecule has 0 radical (unpaired) electrons. The molecule has 0 aliphatic heterocycles. The molecule has 2 N–H and O–H groups in total. The van der Waals surface area contributed by atoms with Gasteiger partial charge in [-0.25, -0.2) is 0 Å². The SMILES string of the molecule is C[C@H](NC1CCc2cc(Br)ccc2C1)C(=O)O. The van der Waals surface area contributed by atoms with Gasteiger partial charge >= 0.3 is 5.97 Å². The van der Waals surface area contributed by atoms with Crippen molar-refractivity contribution in [1.29, 1.82) is 0 Å². The summed E-state index contributed by atoms with van der Waals surface area (Å²) in [5.74, 6) is -0.786. The van der Waals surface area contributed by atoms with Crippen molar-refractivity contribution in [3.8, 4) is 0 Å². The lowest BCUT2D eigenvalue weighted by atomic mass is 9.88. The van der Waals surface area contributed by atoms with Crippen LogP contribution in [-0.2, 0) is 17.6 Å². The summed E-state index contributed by atoms with van der Waals surface area (Å²) in [6, 6.07) is 6.12. The highest BCUT2D eigenvalue weighted by molar-refractivity contribution is 9.10. The standard InChI is InChI=1S/C13H16BrNO2/c1-8(13(16)17)15-12-5-3-9-6-11(14)4-2-10(9)7-12/h2,4,6,8,12,15H,3,5,7H2,1H3,(H,16,17)/t8-,12?/m0/s1. The number of carboxylic acid groups (broad SMARTS) is 1. The number of halogens is 1. The van der Waals surface area contributed by atoms with Gasteiger partial charge < -0.3 is 10.4 Å². The molecular weight excluding hydrogens is 282 g/mol. The van der Waals surface area contributed by atoms with E-state index in [0.717, 1.165) is 23.7 Å². The smallest absolute Gasteiger partial charge is 0.320 e. The van der Waals surface area contributed by atoms with Crippen LogP contribution in [0.4, 0.5) is 0 Å². The van der Waals surface area contributed by atoms with Crippen LogP contribution in [-0.4, -0.2) is 23.2 Å². The highest BCUT2D eigenvalue weighted by Crippen LogP contribution is 2.24. The lowest BCUT2D eigenvalue weighted by Gasteiger charge is -2.27. The third-order valence-corrected chi connectivity index (χ3v) is 3.75. The maximum Gasteiger partial charge on any atom is 0.320 e. The van der Waals surface area contributed by atoms with E-state index in [0.29, 0.717) is 0 Å². The van der Waals surface area contributed by atoms with Gasteiger partial charge in [0.05, 0.1) is 0 Å². The topological polar surface area (TPSA) is 49.3 Å². The number of rotatable bonds is 3. The summed E-state index contributed by atoms with van der Waals surface area (Å²) in [5.41, 5.74) is 2.70. The number of carboxylic acids is 1. The summed E-state index contributed by atoms with van der Waals surface area (Å²) < 4.78 is 1.11. The van der Waals surface area contributed by atoms with E-state index in [2.05, 4.69) is 33.4 Å². The zero-order chi connectivity index (χ0) is 12.4. The van der Waals surface area contributed by atoms with E-state index >= 15 is 0 Å². The van der Waals surface area contributed by atoms with Crippen LogP contribution in [0.3, 0.4) is 0 Å². The van der Waals surface area contributed by atoms with Gasteiger partial charge in [0.25, 0.3) is 0 Å². The molecule has 2 rings (SSSR count).